The summed E-state index contributed by atoms with van der Waals surface area (Å²) >= 11 is 0. The molecular weight excluding hydrogens is 302 g/mol. The molecule has 0 atom stereocenters. The van der Waals surface area contributed by atoms with Crippen molar-refractivity contribution in [3.8, 4) is 0 Å². The van der Waals surface area contributed by atoms with Gasteiger partial charge in [0.1, 0.15) is 0 Å². The topological polar surface area (TPSA) is 54.5 Å². The van der Waals surface area contributed by atoms with Gasteiger partial charge in [0, 0.05) is 5.56 Å². The van der Waals surface area contributed by atoms with Crippen LogP contribution in [-0.4, -0.2) is 29.0 Å². The number of rotatable bonds is 3. The molecule has 0 aromatic heterocycles. The molecule has 2 aromatic rings. The molecule has 0 N–H and O–H groups in total. The third-order valence-electron chi connectivity index (χ3n) is 4.82. The second-order valence-corrected chi connectivity index (χ2v) is 6.30. The first-order valence-corrected chi connectivity index (χ1v) is 7.88. The molecule has 0 unspecified atom stereocenters. The van der Waals surface area contributed by atoms with Gasteiger partial charge in [0.2, 0.25) is 0 Å². The fourth-order valence-electron chi connectivity index (χ4n) is 3.32. The molecule has 1 heterocycles. The van der Waals surface area contributed by atoms with Crippen molar-refractivity contribution in [1.82, 2.24) is 4.90 Å². The van der Waals surface area contributed by atoms with Gasteiger partial charge in [-0.05, 0) is 62.1 Å². The molecule has 0 aliphatic carbocycles. The van der Waals surface area contributed by atoms with Gasteiger partial charge in [-0.2, -0.15) is 0 Å². The van der Waals surface area contributed by atoms with Crippen LogP contribution in [-0.2, 0) is 0 Å². The van der Waals surface area contributed by atoms with Crippen LogP contribution in [0.2, 0.25) is 0 Å². The fraction of sp³-hybridized carbons (Fsp3) is 0.250. The summed E-state index contributed by atoms with van der Waals surface area (Å²) in [4.78, 5) is 38.7. The Morgan fingerprint density at radius 2 is 1.42 bits per heavy atom. The third-order valence-corrected chi connectivity index (χ3v) is 4.82. The summed E-state index contributed by atoms with van der Waals surface area (Å²) in [5, 5.41) is 0. The van der Waals surface area contributed by atoms with E-state index in [0.717, 1.165) is 27.2 Å². The lowest BCUT2D eigenvalue weighted by molar-refractivity contribution is 0.0624. The van der Waals surface area contributed by atoms with Gasteiger partial charge in [0.05, 0.1) is 17.7 Å². The molecule has 0 radical (unpaired) electrons. The highest BCUT2D eigenvalue weighted by atomic mass is 16.2. The molecule has 24 heavy (non-hydrogen) atoms. The van der Waals surface area contributed by atoms with Crippen molar-refractivity contribution in [1.29, 1.82) is 0 Å². The zero-order valence-corrected chi connectivity index (χ0v) is 14.3. The maximum Gasteiger partial charge on any atom is 0.261 e. The second kappa shape index (κ2) is 5.71. The summed E-state index contributed by atoms with van der Waals surface area (Å²) in [6, 6.07) is 8.64. The molecule has 0 fully saturated rings. The van der Waals surface area contributed by atoms with E-state index in [2.05, 4.69) is 0 Å². The fourth-order valence-corrected chi connectivity index (χ4v) is 3.32. The Kier molecular flexibility index (Phi) is 3.84. The smallest absolute Gasteiger partial charge is 0.261 e. The molecule has 1 aliphatic heterocycles. The number of imide groups is 1. The lowest BCUT2D eigenvalue weighted by atomic mass is 9.92. The zero-order valence-electron chi connectivity index (χ0n) is 14.3. The van der Waals surface area contributed by atoms with E-state index in [9.17, 15) is 14.4 Å². The van der Waals surface area contributed by atoms with Gasteiger partial charge in [0.25, 0.3) is 11.8 Å². The monoisotopic (exact) mass is 321 g/mol. The van der Waals surface area contributed by atoms with Crippen LogP contribution in [0.15, 0.2) is 30.3 Å². The molecule has 0 saturated carbocycles. The van der Waals surface area contributed by atoms with Crippen molar-refractivity contribution in [2.75, 3.05) is 6.54 Å². The Labute approximate surface area is 141 Å². The first kappa shape index (κ1) is 16.1. The number of amides is 2. The van der Waals surface area contributed by atoms with Gasteiger partial charge in [-0.1, -0.05) is 18.2 Å². The number of carbonyl (C=O) groups excluding carboxylic acids is 3. The van der Waals surface area contributed by atoms with Gasteiger partial charge >= 0.3 is 0 Å². The number of nitrogens with zero attached hydrogens (tertiary/aromatic N) is 1. The molecular formula is C20H19NO3. The predicted octanol–water partition coefficient (Wildman–Crippen LogP) is 3.40. The van der Waals surface area contributed by atoms with E-state index in [0.29, 0.717) is 16.7 Å². The lowest BCUT2D eigenvalue weighted by Gasteiger charge is -2.17. The maximum absolute atomic E-state index is 12.8. The van der Waals surface area contributed by atoms with Crippen LogP contribution in [0.25, 0.3) is 0 Å². The van der Waals surface area contributed by atoms with Crippen molar-refractivity contribution in [3.63, 3.8) is 0 Å². The quantitative estimate of drug-likeness (QED) is 0.643. The first-order chi connectivity index (χ1) is 11.3. The van der Waals surface area contributed by atoms with E-state index >= 15 is 0 Å². The predicted molar refractivity (Wildman–Crippen MR) is 91.5 cm³/mol. The molecule has 122 valence electrons. The van der Waals surface area contributed by atoms with Crippen LogP contribution in [0, 0.1) is 27.7 Å². The highest BCUT2D eigenvalue weighted by Crippen LogP contribution is 2.25. The first-order valence-electron chi connectivity index (χ1n) is 7.88. The molecule has 3 rings (SSSR count). The number of Topliss-reactive ketones (excluding diaryl/α,β-unsaturated/α-hetero) is 1. The van der Waals surface area contributed by atoms with Gasteiger partial charge in [0.15, 0.2) is 5.78 Å². The summed E-state index contributed by atoms with van der Waals surface area (Å²) in [6.45, 7) is 7.55. The Bertz CT molecular complexity index is 861. The molecule has 0 bridgehead atoms. The normalized spacial score (nSPS) is 13.4. The Hall–Kier alpha value is -2.75. The van der Waals surface area contributed by atoms with Gasteiger partial charge in [-0.3, -0.25) is 19.3 Å². The highest BCUT2D eigenvalue weighted by Gasteiger charge is 2.36. The van der Waals surface area contributed by atoms with Crippen LogP contribution >= 0.6 is 0 Å². The number of carbonyl (C=O) groups is 3. The molecule has 4 nitrogen and oxygen atoms in total. The standard InChI is InChI=1S/C20H19NO3/c1-11-9-12(2)18(14(4)13(11)3)17(22)10-21-19(23)15-7-5-6-8-16(15)20(21)24/h5-9H,10H2,1-4H3. The Morgan fingerprint density at radius 1 is 0.875 bits per heavy atom. The Balaban J connectivity index is 1.94. The summed E-state index contributed by atoms with van der Waals surface area (Å²) < 4.78 is 0. The van der Waals surface area contributed by atoms with Gasteiger partial charge < -0.3 is 0 Å². The summed E-state index contributed by atoms with van der Waals surface area (Å²) in [6.07, 6.45) is 0. The third kappa shape index (κ3) is 2.35. The number of hydrogen-bond acceptors (Lipinski definition) is 3. The Morgan fingerprint density at radius 3 is 1.96 bits per heavy atom. The van der Waals surface area contributed by atoms with Gasteiger partial charge in [-0.15, -0.1) is 0 Å². The van der Waals surface area contributed by atoms with Crippen molar-refractivity contribution in [3.05, 3.63) is 69.3 Å². The molecule has 0 saturated heterocycles. The van der Waals surface area contributed by atoms with Crippen LogP contribution in [0.1, 0.15) is 53.3 Å². The van der Waals surface area contributed by atoms with Crippen molar-refractivity contribution in [2.24, 2.45) is 0 Å². The van der Waals surface area contributed by atoms with E-state index in [4.69, 9.17) is 0 Å². The summed E-state index contributed by atoms with van der Waals surface area (Å²) in [7, 11) is 0. The molecule has 1 aliphatic rings. The van der Waals surface area contributed by atoms with Crippen LogP contribution in [0.5, 0.6) is 0 Å². The lowest BCUT2D eigenvalue weighted by Crippen LogP contribution is -2.35. The van der Waals surface area contributed by atoms with Crippen LogP contribution in [0.4, 0.5) is 0 Å². The number of fused-ring (bicyclic) bond motifs is 1. The summed E-state index contributed by atoms with van der Waals surface area (Å²) in [5.41, 5.74) is 5.31. The van der Waals surface area contributed by atoms with Gasteiger partial charge in [-0.25, -0.2) is 0 Å². The summed E-state index contributed by atoms with van der Waals surface area (Å²) in [5.74, 6) is -1.01. The average molecular weight is 321 g/mol. The van der Waals surface area contributed by atoms with Crippen molar-refractivity contribution in [2.45, 2.75) is 27.7 Å². The molecule has 4 heteroatoms. The molecule has 0 spiro atoms. The van der Waals surface area contributed by atoms with Crippen molar-refractivity contribution < 1.29 is 14.4 Å². The van der Waals surface area contributed by atoms with Crippen LogP contribution in [0.3, 0.4) is 0 Å². The maximum atomic E-state index is 12.8. The van der Waals surface area contributed by atoms with E-state index in [-0.39, 0.29) is 12.3 Å². The second-order valence-electron chi connectivity index (χ2n) is 6.30. The molecule has 2 aromatic carbocycles. The minimum atomic E-state index is -0.400. The number of benzene rings is 2. The SMILES string of the molecule is Cc1cc(C)c(C(=O)CN2C(=O)c3ccccc3C2=O)c(C)c1C. The van der Waals surface area contributed by atoms with E-state index < -0.39 is 11.8 Å². The van der Waals surface area contributed by atoms with Crippen molar-refractivity contribution >= 4 is 17.6 Å². The molecule has 2 amide bonds. The van der Waals surface area contributed by atoms with Crippen LogP contribution < -0.4 is 0 Å². The minimum absolute atomic E-state index is 0.206. The largest absolute Gasteiger partial charge is 0.292 e. The van der Waals surface area contributed by atoms with E-state index in [1.54, 1.807) is 24.3 Å². The average Bonchev–Trinajstić information content (AvgIpc) is 2.78. The number of aryl methyl sites for hydroxylation is 2. The number of ketones is 1. The van der Waals surface area contributed by atoms with E-state index in [1.165, 1.54) is 0 Å². The minimum Gasteiger partial charge on any atom is -0.292 e. The number of hydrogen-bond donors (Lipinski definition) is 0. The highest BCUT2D eigenvalue weighted by molar-refractivity contribution is 6.23. The zero-order chi connectivity index (χ0) is 17.6. The van der Waals surface area contributed by atoms with E-state index in [1.807, 2.05) is 33.8 Å².